The minimum atomic E-state index is -1.27. The van der Waals surface area contributed by atoms with Crippen LogP contribution in [0.4, 0.5) is 4.39 Å². The summed E-state index contributed by atoms with van der Waals surface area (Å²) in [7, 11) is 0. The number of aliphatic hydroxyl groups excluding tert-OH is 1. The Morgan fingerprint density at radius 1 is 0.903 bits per heavy atom. The van der Waals surface area contributed by atoms with E-state index in [4.69, 9.17) is 9.47 Å². The zero-order valence-corrected chi connectivity index (χ0v) is 16.7. The Bertz CT molecular complexity index is 1010. The molecule has 0 aliphatic heterocycles. The van der Waals surface area contributed by atoms with Crippen LogP contribution in [0.25, 0.3) is 0 Å². The Hall–Kier alpha value is -3.71. The van der Waals surface area contributed by atoms with Gasteiger partial charge in [0, 0.05) is 5.56 Å². The molecule has 0 fully saturated rings. The normalized spacial score (nSPS) is 11.4. The molecule has 0 saturated carbocycles. The van der Waals surface area contributed by atoms with Gasteiger partial charge in [-0.25, -0.2) is 9.18 Å². The zero-order valence-electron chi connectivity index (χ0n) is 16.7. The van der Waals surface area contributed by atoms with Crippen molar-refractivity contribution in [3.8, 4) is 5.75 Å². The standard InChI is InChI=1S/C24H22FNO5/c25-20-13-19(11-12-22(20)30-15-17-7-3-1-4-8-17)23(28)26-21(14-27)24(29)31-16-18-9-5-2-6-10-18/h1-13,21,27H,14-16H2,(H,26,28)/t21-/m0/s1. The predicted octanol–water partition coefficient (Wildman–Crippen LogP) is 3.24. The van der Waals surface area contributed by atoms with Crippen LogP contribution in [0.15, 0.2) is 78.9 Å². The summed E-state index contributed by atoms with van der Waals surface area (Å²) in [6, 6.07) is 20.7. The fraction of sp³-hybridized carbons (Fsp3) is 0.167. The van der Waals surface area contributed by atoms with Gasteiger partial charge in [0.25, 0.3) is 5.91 Å². The number of carbonyl (C=O) groups is 2. The number of amides is 1. The molecule has 160 valence electrons. The molecule has 31 heavy (non-hydrogen) atoms. The summed E-state index contributed by atoms with van der Waals surface area (Å²) in [6.45, 7) is -0.461. The van der Waals surface area contributed by atoms with Crippen molar-refractivity contribution in [1.82, 2.24) is 5.32 Å². The third-order valence-corrected chi connectivity index (χ3v) is 4.43. The fourth-order valence-electron chi connectivity index (χ4n) is 2.74. The molecule has 3 aromatic rings. The van der Waals surface area contributed by atoms with Crippen LogP contribution in [0.3, 0.4) is 0 Å². The molecule has 2 N–H and O–H groups in total. The topological polar surface area (TPSA) is 84.9 Å². The van der Waals surface area contributed by atoms with Gasteiger partial charge in [0.15, 0.2) is 17.6 Å². The van der Waals surface area contributed by atoms with Gasteiger partial charge in [-0.15, -0.1) is 0 Å². The molecular weight excluding hydrogens is 401 g/mol. The largest absolute Gasteiger partial charge is 0.486 e. The average molecular weight is 423 g/mol. The van der Waals surface area contributed by atoms with Crippen LogP contribution in [0.2, 0.25) is 0 Å². The number of rotatable bonds is 9. The number of aliphatic hydroxyl groups is 1. The molecule has 3 aromatic carbocycles. The quantitative estimate of drug-likeness (QED) is 0.516. The molecule has 0 radical (unpaired) electrons. The predicted molar refractivity (Wildman–Crippen MR) is 112 cm³/mol. The molecule has 0 aromatic heterocycles. The van der Waals surface area contributed by atoms with E-state index in [1.165, 1.54) is 12.1 Å². The number of carbonyl (C=O) groups excluding carboxylic acids is 2. The van der Waals surface area contributed by atoms with Crippen LogP contribution in [0.1, 0.15) is 21.5 Å². The van der Waals surface area contributed by atoms with E-state index in [1.807, 2.05) is 36.4 Å². The highest BCUT2D eigenvalue weighted by Crippen LogP contribution is 2.20. The maximum absolute atomic E-state index is 14.4. The van der Waals surface area contributed by atoms with Crippen molar-refractivity contribution in [2.75, 3.05) is 6.61 Å². The van der Waals surface area contributed by atoms with Gasteiger partial charge in [-0.1, -0.05) is 60.7 Å². The smallest absolute Gasteiger partial charge is 0.331 e. The third-order valence-electron chi connectivity index (χ3n) is 4.43. The molecule has 0 aliphatic rings. The number of esters is 1. The average Bonchev–Trinajstić information content (AvgIpc) is 2.81. The molecule has 0 aliphatic carbocycles. The minimum absolute atomic E-state index is 0.00128. The molecule has 1 amide bonds. The van der Waals surface area contributed by atoms with Gasteiger partial charge in [-0.2, -0.15) is 0 Å². The van der Waals surface area contributed by atoms with Gasteiger partial charge >= 0.3 is 5.97 Å². The minimum Gasteiger partial charge on any atom is -0.486 e. The summed E-state index contributed by atoms with van der Waals surface area (Å²) in [5, 5.41) is 11.8. The van der Waals surface area contributed by atoms with E-state index in [0.29, 0.717) is 0 Å². The van der Waals surface area contributed by atoms with Crippen LogP contribution in [0.5, 0.6) is 5.75 Å². The highest BCUT2D eigenvalue weighted by Gasteiger charge is 2.23. The molecule has 0 heterocycles. The second-order valence-electron chi connectivity index (χ2n) is 6.72. The van der Waals surface area contributed by atoms with Crippen molar-refractivity contribution in [2.24, 2.45) is 0 Å². The van der Waals surface area contributed by atoms with Crippen molar-refractivity contribution in [2.45, 2.75) is 19.3 Å². The summed E-state index contributed by atoms with van der Waals surface area (Å²) in [5.41, 5.74) is 1.63. The summed E-state index contributed by atoms with van der Waals surface area (Å²) < 4.78 is 24.9. The van der Waals surface area contributed by atoms with Gasteiger partial charge in [-0.05, 0) is 29.3 Å². The van der Waals surface area contributed by atoms with Gasteiger partial charge in [0.2, 0.25) is 0 Å². The van der Waals surface area contributed by atoms with E-state index >= 15 is 0 Å². The molecule has 0 bridgehead atoms. The van der Waals surface area contributed by atoms with Crippen molar-refractivity contribution >= 4 is 11.9 Å². The fourth-order valence-corrected chi connectivity index (χ4v) is 2.74. The van der Waals surface area contributed by atoms with Crippen LogP contribution >= 0.6 is 0 Å². The summed E-state index contributed by atoms with van der Waals surface area (Å²) in [6.07, 6.45) is 0. The highest BCUT2D eigenvalue weighted by molar-refractivity contribution is 5.97. The van der Waals surface area contributed by atoms with Crippen LogP contribution in [0, 0.1) is 5.82 Å². The molecule has 6 nitrogen and oxygen atoms in total. The van der Waals surface area contributed by atoms with Crippen molar-refractivity contribution in [3.63, 3.8) is 0 Å². The first-order valence-electron chi connectivity index (χ1n) is 9.65. The summed E-state index contributed by atoms with van der Waals surface area (Å²) in [4.78, 5) is 24.6. The van der Waals surface area contributed by atoms with Crippen molar-refractivity contribution in [1.29, 1.82) is 0 Å². The van der Waals surface area contributed by atoms with Gasteiger partial charge < -0.3 is 19.9 Å². The Morgan fingerprint density at radius 3 is 2.10 bits per heavy atom. The Labute approximate surface area is 179 Å². The number of halogens is 1. The first-order valence-corrected chi connectivity index (χ1v) is 9.65. The summed E-state index contributed by atoms with van der Waals surface area (Å²) >= 11 is 0. The maximum atomic E-state index is 14.4. The van der Waals surface area contributed by atoms with Crippen molar-refractivity contribution in [3.05, 3.63) is 101 Å². The Morgan fingerprint density at radius 2 is 1.52 bits per heavy atom. The lowest BCUT2D eigenvalue weighted by molar-refractivity contribution is -0.148. The first kappa shape index (κ1) is 22.0. The second-order valence-corrected chi connectivity index (χ2v) is 6.72. The lowest BCUT2D eigenvalue weighted by Gasteiger charge is -2.16. The lowest BCUT2D eigenvalue weighted by atomic mass is 10.1. The van der Waals surface area contributed by atoms with Crippen LogP contribution in [-0.2, 0) is 22.7 Å². The van der Waals surface area contributed by atoms with E-state index in [0.717, 1.165) is 17.2 Å². The monoisotopic (exact) mass is 423 g/mol. The highest BCUT2D eigenvalue weighted by atomic mass is 19.1. The summed E-state index contributed by atoms with van der Waals surface area (Å²) in [5.74, 6) is -2.22. The molecule has 7 heteroatoms. The number of ether oxygens (including phenoxy) is 2. The van der Waals surface area contributed by atoms with Crippen LogP contribution in [-0.4, -0.2) is 29.6 Å². The molecule has 3 rings (SSSR count). The first-order chi connectivity index (χ1) is 15.1. The molecule has 0 spiro atoms. The number of hydrogen-bond donors (Lipinski definition) is 2. The Balaban J connectivity index is 1.56. The molecule has 0 saturated heterocycles. The number of hydrogen-bond acceptors (Lipinski definition) is 5. The molecule has 0 unspecified atom stereocenters. The second kappa shape index (κ2) is 10.9. The Kier molecular flexibility index (Phi) is 7.73. The van der Waals surface area contributed by atoms with E-state index < -0.39 is 30.3 Å². The van der Waals surface area contributed by atoms with Crippen molar-refractivity contribution < 1.29 is 28.6 Å². The van der Waals surface area contributed by atoms with Gasteiger partial charge in [0.1, 0.15) is 13.2 Å². The lowest BCUT2D eigenvalue weighted by Crippen LogP contribution is -2.44. The van der Waals surface area contributed by atoms with E-state index in [2.05, 4.69) is 5.32 Å². The third kappa shape index (κ3) is 6.38. The van der Waals surface area contributed by atoms with E-state index in [9.17, 15) is 19.1 Å². The maximum Gasteiger partial charge on any atom is 0.331 e. The van der Waals surface area contributed by atoms with Gasteiger partial charge in [-0.3, -0.25) is 4.79 Å². The van der Waals surface area contributed by atoms with E-state index in [-0.39, 0.29) is 24.5 Å². The van der Waals surface area contributed by atoms with E-state index in [1.54, 1.807) is 24.3 Å². The molecule has 1 atom stereocenters. The van der Waals surface area contributed by atoms with Gasteiger partial charge in [0.05, 0.1) is 6.61 Å². The molecular formula is C24H22FNO5. The zero-order chi connectivity index (χ0) is 22.1. The SMILES string of the molecule is O=C(N[C@@H](CO)C(=O)OCc1ccccc1)c1ccc(OCc2ccccc2)c(F)c1. The van der Waals surface area contributed by atoms with Crippen LogP contribution < -0.4 is 10.1 Å². The number of benzene rings is 3. The number of nitrogens with one attached hydrogen (secondary N) is 1.